The van der Waals surface area contributed by atoms with Gasteiger partial charge in [-0.15, -0.1) is 0 Å². The monoisotopic (exact) mass is 441 g/mol. The van der Waals surface area contributed by atoms with Crippen LogP contribution >= 0.6 is 0 Å². The van der Waals surface area contributed by atoms with Crippen LogP contribution in [-0.2, 0) is 0 Å². The number of pyridine rings is 2. The molecule has 0 bridgehead atoms. The van der Waals surface area contributed by atoms with Crippen molar-refractivity contribution < 1.29 is 0 Å². The summed E-state index contributed by atoms with van der Waals surface area (Å²) in [6.45, 7) is 4.51. The minimum Gasteiger partial charge on any atom is -0.383 e. The summed E-state index contributed by atoms with van der Waals surface area (Å²) in [6.07, 6.45) is 13.1. The highest BCUT2D eigenvalue weighted by molar-refractivity contribution is 5.94. The van der Waals surface area contributed by atoms with E-state index in [2.05, 4.69) is 35.8 Å². The van der Waals surface area contributed by atoms with E-state index >= 15 is 0 Å². The number of rotatable bonds is 5. The number of nitrogens with one attached hydrogen (secondary N) is 3. The van der Waals surface area contributed by atoms with Crippen LogP contribution in [-0.4, -0.2) is 58.9 Å². The smallest absolute Gasteiger partial charge is 0.162 e. The number of nitrogens with zero attached hydrogens (tertiary/aromatic N) is 6. The van der Waals surface area contributed by atoms with Gasteiger partial charge in [-0.25, -0.2) is 19.9 Å². The van der Waals surface area contributed by atoms with Crippen molar-refractivity contribution in [2.24, 2.45) is 4.99 Å². The highest BCUT2D eigenvalue weighted by Gasteiger charge is 2.26. The molecule has 3 N–H and O–H groups in total. The van der Waals surface area contributed by atoms with E-state index in [0.29, 0.717) is 17.6 Å². The van der Waals surface area contributed by atoms with Crippen molar-refractivity contribution in [1.82, 2.24) is 30.6 Å². The molecule has 9 heteroatoms. The van der Waals surface area contributed by atoms with E-state index in [1.807, 2.05) is 36.9 Å². The zero-order valence-electron chi connectivity index (χ0n) is 18.5. The second-order valence-corrected chi connectivity index (χ2v) is 8.66. The summed E-state index contributed by atoms with van der Waals surface area (Å²) in [5, 5.41) is 11.0. The van der Waals surface area contributed by atoms with Crippen LogP contribution in [0.15, 0.2) is 47.7 Å². The standard InChI is InChI=1S/C24H27N9/c1-2-16(3-1)18-13-27-14-19-22(18)24(33-10-8-25-9-11-33)32-23(30-19)17-4-5-28-20(12-17)31-21-15-26-6-7-29-21/h4-5,7,12-16,25-26H,1-3,6,8-11H2,(H,28,31). The lowest BCUT2D eigenvalue weighted by atomic mass is 9.79. The summed E-state index contributed by atoms with van der Waals surface area (Å²) in [7, 11) is 0. The molecule has 0 aromatic carbocycles. The molecular formula is C24H27N9. The summed E-state index contributed by atoms with van der Waals surface area (Å²) in [6, 6.07) is 3.92. The van der Waals surface area contributed by atoms with E-state index in [1.165, 1.54) is 30.2 Å². The van der Waals surface area contributed by atoms with Crippen molar-refractivity contribution in [2.75, 3.05) is 42.9 Å². The fourth-order valence-electron chi connectivity index (χ4n) is 4.58. The maximum Gasteiger partial charge on any atom is 0.162 e. The predicted octanol–water partition coefficient (Wildman–Crippen LogP) is 2.65. The van der Waals surface area contributed by atoms with Crippen LogP contribution in [0.2, 0.25) is 0 Å². The first-order chi connectivity index (χ1) is 16.3. The third kappa shape index (κ3) is 4.00. The molecular weight excluding hydrogens is 414 g/mol. The molecule has 0 amide bonds. The van der Waals surface area contributed by atoms with Crippen molar-refractivity contribution >= 4 is 28.8 Å². The van der Waals surface area contributed by atoms with Crippen LogP contribution in [0.5, 0.6) is 0 Å². The predicted molar refractivity (Wildman–Crippen MR) is 130 cm³/mol. The Morgan fingerprint density at radius 3 is 2.79 bits per heavy atom. The summed E-state index contributed by atoms with van der Waals surface area (Å²) in [5.74, 6) is 3.70. The van der Waals surface area contributed by atoms with E-state index < -0.39 is 0 Å². The molecule has 1 saturated carbocycles. The van der Waals surface area contributed by atoms with Gasteiger partial charge in [0.05, 0.1) is 11.7 Å². The lowest BCUT2D eigenvalue weighted by Crippen LogP contribution is -2.44. The van der Waals surface area contributed by atoms with Crippen molar-refractivity contribution in [1.29, 1.82) is 0 Å². The topological polar surface area (TPSA) is 103 Å². The van der Waals surface area contributed by atoms with Gasteiger partial charge in [0.1, 0.15) is 17.5 Å². The highest BCUT2D eigenvalue weighted by Crippen LogP contribution is 2.42. The Hall–Kier alpha value is -3.59. The maximum atomic E-state index is 5.13. The van der Waals surface area contributed by atoms with Gasteiger partial charge in [-0.05, 0) is 36.5 Å². The molecule has 0 unspecified atom stereocenters. The molecule has 0 atom stereocenters. The van der Waals surface area contributed by atoms with Crippen LogP contribution in [0.1, 0.15) is 30.7 Å². The number of hydrogen-bond acceptors (Lipinski definition) is 9. The number of aromatic nitrogens is 4. The van der Waals surface area contributed by atoms with Gasteiger partial charge in [0.15, 0.2) is 5.82 Å². The molecule has 2 fully saturated rings. The molecule has 2 aliphatic heterocycles. The minimum absolute atomic E-state index is 0.562. The van der Waals surface area contributed by atoms with Gasteiger partial charge in [0, 0.05) is 68.5 Å². The van der Waals surface area contributed by atoms with Gasteiger partial charge in [0.2, 0.25) is 0 Å². The average molecular weight is 442 g/mol. The Labute approximate surface area is 192 Å². The highest BCUT2D eigenvalue weighted by atomic mass is 15.2. The fourth-order valence-corrected chi connectivity index (χ4v) is 4.58. The molecule has 6 rings (SSSR count). The quantitative estimate of drug-likeness (QED) is 0.555. The Bertz CT molecular complexity index is 1230. The van der Waals surface area contributed by atoms with Crippen molar-refractivity contribution in [3.05, 3.63) is 48.3 Å². The molecule has 5 heterocycles. The molecule has 9 nitrogen and oxygen atoms in total. The number of piperazine rings is 1. The summed E-state index contributed by atoms with van der Waals surface area (Å²) in [5.41, 5.74) is 3.12. The van der Waals surface area contributed by atoms with Crippen molar-refractivity contribution in [3.63, 3.8) is 0 Å². The lowest BCUT2D eigenvalue weighted by Gasteiger charge is -2.32. The molecule has 0 spiro atoms. The van der Waals surface area contributed by atoms with E-state index in [9.17, 15) is 0 Å². The normalized spacial score (nSPS) is 18.5. The summed E-state index contributed by atoms with van der Waals surface area (Å²) >= 11 is 0. The lowest BCUT2D eigenvalue weighted by molar-refractivity contribution is 0.421. The van der Waals surface area contributed by atoms with Crippen molar-refractivity contribution in [2.45, 2.75) is 25.2 Å². The van der Waals surface area contributed by atoms with Gasteiger partial charge in [-0.3, -0.25) is 4.98 Å². The maximum absolute atomic E-state index is 5.13. The first kappa shape index (κ1) is 20.0. The summed E-state index contributed by atoms with van der Waals surface area (Å²) < 4.78 is 0. The average Bonchev–Trinajstić information content (AvgIpc) is 2.84. The largest absolute Gasteiger partial charge is 0.383 e. The van der Waals surface area contributed by atoms with Crippen LogP contribution in [0, 0.1) is 0 Å². The molecule has 168 valence electrons. The zero-order chi connectivity index (χ0) is 22.0. The van der Waals surface area contributed by atoms with Gasteiger partial charge in [-0.2, -0.15) is 0 Å². The third-order valence-corrected chi connectivity index (χ3v) is 6.53. The van der Waals surface area contributed by atoms with E-state index in [0.717, 1.165) is 55.4 Å². The Morgan fingerprint density at radius 1 is 1.09 bits per heavy atom. The molecule has 3 aromatic heterocycles. The third-order valence-electron chi connectivity index (χ3n) is 6.53. The van der Waals surface area contributed by atoms with Gasteiger partial charge < -0.3 is 20.9 Å². The first-order valence-corrected chi connectivity index (χ1v) is 11.7. The van der Waals surface area contributed by atoms with Crippen LogP contribution in [0.3, 0.4) is 0 Å². The molecule has 33 heavy (non-hydrogen) atoms. The fraction of sp³-hybridized carbons (Fsp3) is 0.375. The Kier molecular flexibility index (Phi) is 5.31. The number of aliphatic imine (C=N–C) groups is 1. The number of anilines is 2. The zero-order valence-corrected chi connectivity index (χ0v) is 18.5. The van der Waals surface area contributed by atoms with E-state index in [4.69, 9.17) is 9.97 Å². The number of fused-ring (bicyclic) bond motifs is 1. The van der Waals surface area contributed by atoms with Gasteiger partial charge in [-0.1, -0.05) is 6.42 Å². The number of hydrogen-bond donors (Lipinski definition) is 3. The minimum atomic E-state index is 0.562. The van der Waals surface area contributed by atoms with Crippen LogP contribution in [0.25, 0.3) is 22.3 Å². The SMILES string of the molecule is C1=NC(Nc2cc(-c3nc(N4CCNCC4)c4c(C5CCC5)cncc4n3)ccn2)=CNC1. The van der Waals surface area contributed by atoms with Crippen LogP contribution < -0.4 is 20.9 Å². The van der Waals surface area contributed by atoms with Gasteiger partial charge in [0.25, 0.3) is 0 Å². The second kappa shape index (κ2) is 8.74. The van der Waals surface area contributed by atoms with Crippen LogP contribution in [0.4, 0.5) is 11.6 Å². The molecule has 3 aliphatic rings. The Balaban J connectivity index is 1.43. The van der Waals surface area contributed by atoms with E-state index in [1.54, 1.807) is 6.20 Å². The molecule has 0 radical (unpaired) electrons. The molecule has 3 aromatic rings. The molecule has 1 aliphatic carbocycles. The van der Waals surface area contributed by atoms with E-state index in [-0.39, 0.29) is 0 Å². The Morgan fingerprint density at radius 2 is 2.00 bits per heavy atom. The summed E-state index contributed by atoms with van der Waals surface area (Å²) in [4.78, 5) is 25.8. The second-order valence-electron chi connectivity index (χ2n) is 8.66. The van der Waals surface area contributed by atoms with Gasteiger partial charge >= 0.3 is 0 Å². The molecule has 1 saturated heterocycles. The first-order valence-electron chi connectivity index (χ1n) is 11.7. The van der Waals surface area contributed by atoms with Crippen molar-refractivity contribution in [3.8, 4) is 11.4 Å².